The fourth-order valence-electron chi connectivity index (χ4n) is 3.83. The zero-order valence-corrected chi connectivity index (χ0v) is 16.1. The van der Waals surface area contributed by atoms with Gasteiger partial charge in [-0.3, -0.25) is 9.48 Å². The Morgan fingerprint density at radius 2 is 2.07 bits per heavy atom. The molecule has 1 saturated heterocycles. The molecule has 1 aliphatic heterocycles. The van der Waals surface area contributed by atoms with Crippen LogP contribution in [0, 0.1) is 0 Å². The molecular formula is C21H23ClN4O. The van der Waals surface area contributed by atoms with Crippen molar-refractivity contribution in [2.45, 2.75) is 31.8 Å². The minimum Gasteiger partial charge on any atom is -0.353 e. The summed E-state index contributed by atoms with van der Waals surface area (Å²) in [5, 5.41) is 5.09. The number of nitrogens with zero attached hydrogens (tertiary/aromatic N) is 4. The van der Waals surface area contributed by atoms with Crippen molar-refractivity contribution in [2.75, 3.05) is 6.54 Å². The molecule has 1 fully saturated rings. The predicted octanol–water partition coefficient (Wildman–Crippen LogP) is 4.29. The summed E-state index contributed by atoms with van der Waals surface area (Å²) in [6.07, 6.45) is 8.70. The zero-order chi connectivity index (χ0) is 18.8. The van der Waals surface area contributed by atoms with E-state index in [-0.39, 0.29) is 11.9 Å². The Hall–Kier alpha value is -2.53. The van der Waals surface area contributed by atoms with E-state index in [0.717, 1.165) is 31.4 Å². The number of carbonyl (C=O) groups excluding carboxylic acids is 1. The highest BCUT2D eigenvalue weighted by atomic mass is 35.5. The van der Waals surface area contributed by atoms with Crippen molar-refractivity contribution in [2.24, 2.45) is 7.05 Å². The van der Waals surface area contributed by atoms with Gasteiger partial charge in [0.2, 0.25) is 0 Å². The van der Waals surface area contributed by atoms with Crippen LogP contribution in [-0.4, -0.2) is 31.7 Å². The molecule has 0 radical (unpaired) electrons. The van der Waals surface area contributed by atoms with E-state index in [0.29, 0.717) is 17.1 Å². The van der Waals surface area contributed by atoms with E-state index in [1.807, 2.05) is 54.7 Å². The smallest absolute Gasteiger partial charge is 0.257 e. The SMILES string of the molecule is Cn1cccc1C1CCCCN1C(=O)c1cnn(Cc2ccccc2Cl)c1. The number of halogens is 1. The molecule has 140 valence electrons. The summed E-state index contributed by atoms with van der Waals surface area (Å²) in [5.41, 5.74) is 2.80. The molecule has 3 aromatic rings. The van der Waals surface area contributed by atoms with Crippen LogP contribution >= 0.6 is 11.6 Å². The zero-order valence-electron chi connectivity index (χ0n) is 15.4. The standard InChI is InChI=1S/C21H23ClN4O/c1-24-11-6-10-19(24)20-9-4-5-12-26(20)21(27)17-13-23-25(15-17)14-16-7-2-3-8-18(16)22/h2-3,6-8,10-11,13,15,20H,4-5,9,12,14H2,1H3. The number of aryl methyl sites for hydroxylation is 1. The van der Waals surface area contributed by atoms with Crippen LogP contribution in [0.3, 0.4) is 0 Å². The van der Waals surface area contributed by atoms with Crippen LogP contribution < -0.4 is 0 Å². The molecule has 1 aromatic carbocycles. The molecule has 0 spiro atoms. The van der Waals surface area contributed by atoms with Crippen LogP contribution in [-0.2, 0) is 13.6 Å². The van der Waals surface area contributed by atoms with Gasteiger partial charge in [-0.15, -0.1) is 0 Å². The van der Waals surface area contributed by atoms with Gasteiger partial charge in [-0.05, 0) is 43.0 Å². The van der Waals surface area contributed by atoms with E-state index in [1.165, 1.54) is 5.69 Å². The third-order valence-corrected chi connectivity index (χ3v) is 5.63. The molecule has 2 aromatic heterocycles. The Kier molecular flexibility index (Phi) is 5.03. The number of piperidine rings is 1. The number of hydrogen-bond donors (Lipinski definition) is 0. The molecule has 0 N–H and O–H groups in total. The van der Waals surface area contributed by atoms with E-state index in [9.17, 15) is 4.79 Å². The summed E-state index contributed by atoms with van der Waals surface area (Å²) in [5.74, 6) is 0.0475. The predicted molar refractivity (Wildman–Crippen MR) is 106 cm³/mol. The largest absolute Gasteiger partial charge is 0.353 e. The van der Waals surface area contributed by atoms with Gasteiger partial charge < -0.3 is 9.47 Å². The van der Waals surface area contributed by atoms with Crippen molar-refractivity contribution in [3.05, 3.63) is 76.8 Å². The lowest BCUT2D eigenvalue weighted by molar-refractivity contribution is 0.0602. The van der Waals surface area contributed by atoms with Gasteiger partial charge in [0.05, 0.1) is 24.3 Å². The van der Waals surface area contributed by atoms with Crippen molar-refractivity contribution >= 4 is 17.5 Å². The summed E-state index contributed by atoms with van der Waals surface area (Å²) in [4.78, 5) is 15.2. The first kappa shape index (κ1) is 17.9. The number of rotatable bonds is 4. The Balaban J connectivity index is 1.54. The normalized spacial score (nSPS) is 17.3. The number of benzene rings is 1. The lowest BCUT2D eigenvalue weighted by Crippen LogP contribution is -2.39. The van der Waals surface area contributed by atoms with Gasteiger partial charge >= 0.3 is 0 Å². The van der Waals surface area contributed by atoms with Gasteiger partial charge in [0, 0.05) is 36.7 Å². The van der Waals surface area contributed by atoms with E-state index in [2.05, 4.69) is 15.7 Å². The van der Waals surface area contributed by atoms with Crippen LogP contribution in [0.2, 0.25) is 5.02 Å². The maximum atomic E-state index is 13.2. The first-order valence-electron chi connectivity index (χ1n) is 9.31. The number of amides is 1. The van der Waals surface area contributed by atoms with Crippen LogP contribution in [0.25, 0.3) is 0 Å². The second kappa shape index (κ2) is 7.61. The highest BCUT2D eigenvalue weighted by molar-refractivity contribution is 6.31. The van der Waals surface area contributed by atoms with Gasteiger partial charge in [0.15, 0.2) is 0 Å². The topological polar surface area (TPSA) is 43.1 Å². The number of hydrogen-bond acceptors (Lipinski definition) is 2. The number of aromatic nitrogens is 3. The summed E-state index contributed by atoms with van der Waals surface area (Å²) in [7, 11) is 2.04. The van der Waals surface area contributed by atoms with Gasteiger partial charge in [0.25, 0.3) is 5.91 Å². The molecule has 1 aliphatic rings. The van der Waals surface area contributed by atoms with E-state index in [4.69, 9.17) is 11.6 Å². The molecule has 1 atom stereocenters. The summed E-state index contributed by atoms with van der Waals surface area (Å²) < 4.78 is 3.88. The Morgan fingerprint density at radius 1 is 1.22 bits per heavy atom. The van der Waals surface area contributed by atoms with Crippen molar-refractivity contribution in [3.8, 4) is 0 Å². The Morgan fingerprint density at radius 3 is 2.85 bits per heavy atom. The summed E-state index contributed by atoms with van der Waals surface area (Å²) >= 11 is 6.24. The second-order valence-electron chi connectivity index (χ2n) is 7.07. The third-order valence-electron chi connectivity index (χ3n) is 5.26. The first-order chi connectivity index (χ1) is 13.1. The van der Waals surface area contributed by atoms with Crippen molar-refractivity contribution in [1.29, 1.82) is 0 Å². The fourth-order valence-corrected chi connectivity index (χ4v) is 4.03. The summed E-state index contributed by atoms with van der Waals surface area (Å²) in [6.45, 7) is 1.33. The van der Waals surface area contributed by atoms with Crippen molar-refractivity contribution in [3.63, 3.8) is 0 Å². The molecular weight excluding hydrogens is 360 g/mol. The molecule has 5 nitrogen and oxygen atoms in total. The molecule has 0 aliphatic carbocycles. The van der Waals surface area contributed by atoms with Gasteiger partial charge in [-0.2, -0.15) is 5.10 Å². The lowest BCUT2D eigenvalue weighted by Gasteiger charge is -2.36. The van der Waals surface area contributed by atoms with Gasteiger partial charge in [-0.25, -0.2) is 0 Å². The molecule has 1 unspecified atom stereocenters. The second-order valence-corrected chi connectivity index (χ2v) is 7.48. The van der Waals surface area contributed by atoms with E-state index in [1.54, 1.807) is 10.9 Å². The lowest BCUT2D eigenvalue weighted by atomic mass is 9.98. The third kappa shape index (κ3) is 3.65. The Bertz CT molecular complexity index is 945. The monoisotopic (exact) mass is 382 g/mol. The van der Waals surface area contributed by atoms with Crippen molar-refractivity contribution < 1.29 is 4.79 Å². The maximum absolute atomic E-state index is 13.2. The molecule has 6 heteroatoms. The van der Waals surface area contributed by atoms with E-state index < -0.39 is 0 Å². The molecule has 4 rings (SSSR count). The fraction of sp³-hybridized carbons (Fsp3) is 0.333. The quantitative estimate of drug-likeness (QED) is 0.675. The van der Waals surface area contributed by atoms with Crippen LogP contribution in [0.4, 0.5) is 0 Å². The maximum Gasteiger partial charge on any atom is 0.257 e. The van der Waals surface area contributed by atoms with Crippen LogP contribution in [0.15, 0.2) is 55.0 Å². The molecule has 0 saturated carbocycles. The number of likely N-dealkylation sites (tertiary alicyclic amines) is 1. The highest BCUT2D eigenvalue weighted by Crippen LogP contribution is 2.32. The van der Waals surface area contributed by atoms with Gasteiger partial charge in [0.1, 0.15) is 0 Å². The molecule has 1 amide bonds. The van der Waals surface area contributed by atoms with Crippen molar-refractivity contribution in [1.82, 2.24) is 19.2 Å². The first-order valence-corrected chi connectivity index (χ1v) is 9.69. The van der Waals surface area contributed by atoms with Crippen LogP contribution in [0.5, 0.6) is 0 Å². The highest BCUT2D eigenvalue weighted by Gasteiger charge is 2.30. The summed E-state index contributed by atoms with van der Waals surface area (Å²) in [6, 6.07) is 12.0. The molecule has 27 heavy (non-hydrogen) atoms. The molecule has 3 heterocycles. The Labute approximate surface area is 164 Å². The minimum absolute atomic E-state index is 0.0475. The molecule has 0 bridgehead atoms. The van der Waals surface area contributed by atoms with E-state index >= 15 is 0 Å². The number of carbonyl (C=O) groups is 1. The average Bonchev–Trinajstić information content (AvgIpc) is 3.32. The van der Waals surface area contributed by atoms with Gasteiger partial charge in [-0.1, -0.05) is 29.8 Å². The average molecular weight is 383 g/mol. The van der Waals surface area contributed by atoms with Crippen LogP contribution in [0.1, 0.15) is 46.9 Å². The minimum atomic E-state index is 0.0475.